The molecular weight excluding hydrogens is 318 g/mol. The number of hydrogen-bond acceptors (Lipinski definition) is 3. The molecule has 0 radical (unpaired) electrons. The van der Waals surface area contributed by atoms with Gasteiger partial charge in [0.15, 0.2) is 0 Å². The average Bonchev–Trinajstić information content (AvgIpc) is 3.23. The first-order valence-corrected chi connectivity index (χ1v) is 8.54. The summed E-state index contributed by atoms with van der Waals surface area (Å²) in [4.78, 5) is 25.5. The largest absolute Gasteiger partial charge is 0.376 e. The van der Waals surface area contributed by atoms with Crippen LogP contribution >= 0.6 is 0 Å². The minimum atomic E-state index is -0.174. The zero-order valence-corrected chi connectivity index (χ0v) is 14.4. The molecule has 6 heteroatoms. The van der Waals surface area contributed by atoms with Gasteiger partial charge in [-0.1, -0.05) is 18.2 Å². The van der Waals surface area contributed by atoms with Crippen LogP contribution in [0.5, 0.6) is 0 Å². The van der Waals surface area contributed by atoms with Gasteiger partial charge in [-0.3, -0.25) is 9.59 Å². The van der Waals surface area contributed by atoms with Gasteiger partial charge >= 0.3 is 0 Å². The molecule has 3 heterocycles. The van der Waals surface area contributed by atoms with Gasteiger partial charge in [-0.2, -0.15) is 0 Å². The van der Waals surface area contributed by atoms with Crippen LogP contribution in [0.2, 0.25) is 0 Å². The summed E-state index contributed by atoms with van der Waals surface area (Å²) in [6, 6.07) is 7.77. The van der Waals surface area contributed by atoms with E-state index in [9.17, 15) is 9.59 Å². The van der Waals surface area contributed by atoms with Crippen LogP contribution in [0.1, 0.15) is 23.2 Å². The van der Waals surface area contributed by atoms with E-state index in [2.05, 4.69) is 5.32 Å². The molecule has 0 bridgehead atoms. The predicted octanol–water partition coefficient (Wildman–Crippen LogP) is 1.94. The molecule has 130 valence electrons. The summed E-state index contributed by atoms with van der Waals surface area (Å²) in [6.45, 7) is 1.25. The first-order valence-electron chi connectivity index (χ1n) is 8.54. The van der Waals surface area contributed by atoms with Crippen molar-refractivity contribution in [1.82, 2.24) is 14.5 Å². The van der Waals surface area contributed by atoms with E-state index in [1.54, 1.807) is 13.2 Å². The summed E-state index contributed by atoms with van der Waals surface area (Å²) < 4.78 is 8.91. The van der Waals surface area contributed by atoms with Crippen molar-refractivity contribution < 1.29 is 9.53 Å². The van der Waals surface area contributed by atoms with Crippen molar-refractivity contribution in [2.45, 2.75) is 18.9 Å². The predicted molar refractivity (Wildman–Crippen MR) is 97.0 cm³/mol. The van der Waals surface area contributed by atoms with Gasteiger partial charge in [0, 0.05) is 49.7 Å². The first-order chi connectivity index (χ1) is 12.1. The zero-order valence-electron chi connectivity index (χ0n) is 14.4. The zero-order chi connectivity index (χ0) is 17.6. The number of ether oxygens (including phenoxy) is 1. The van der Waals surface area contributed by atoms with Crippen molar-refractivity contribution in [1.29, 1.82) is 0 Å². The molecule has 1 saturated heterocycles. The van der Waals surface area contributed by atoms with Crippen LogP contribution in [0.4, 0.5) is 0 Å². The molecule has 3 aromatic rings. The molecule has 1 amide bonds. The topological polar surface area (TPSA) is 65.3 Å². The first kappa shape index (κ1) is 15.9. The molecular formula is C19H21N3O3. The van der Waals surface area contributed by atoms with Crippen LogP contribution in [0.3, 0.4) is 0 Å². The highest BCUT2D eigenvalue weighted by atomic mass is 16.5. The highest BCUT2D eigenvalue weighted by Gasteiger charge is 2.22. The minimum absolute atomic E-state index is 0.0829. The molecule has 0 saturated carbocycles. The number of carbonyl (C=O) groups excluding carboxylic acids is 1. The monoisotopic (exact) mass is 339 g/mol. The van der Waals surface area contributed by atoms with E-state index in [0.29, 0.717) is 23.0 Å². The lowest BCUT2D eigenvalue weighted by Crippen LogP contribution is -2.33. The SMILES string of the molecule is Cn1cc(C(=O)NCC2CCCO2)c2c3ccccc3n(C)c2c1=O. The Hall–Kier alpha value is -2.60. The lowest BCUT2D eigenvalue weighted by atomic mass is 10.1. The smallest absolute Gasteiger partial charge is 0.274 e. The second-order valence-corrected chi connectivity index (χ2v) is 6.60. The van der Waals surface area contributed by atoms with Crippen LogP contribution in [-0.2, 0) is 18.8 Å². The summed E-state index contributed by atoms with van der Waals surface area (Å²) >= 11 is 0. The quantitative estimate of drug-likeness (QED) is 0.793. The fourth-order valence-corrected chi connectivity index (χ4v) is 3.68. The molecule has 1 unspecified atom stereocenters. The van der Waals surface area contributed by atoms with E-state index in [4.69, 9.17) is 4.74 Å². The maximum atomic E-state index is 12.8. The number of hydrogen-bond donors (Lipinski definition) is 1. The molecule has 0 aliphatic carbocycles. The molecule has 2 aromatic heterocycles. The molecule has 1 aliphatic rings. The number of nitrogens with one attached hydrogen (secondary N) is 1. The highest BCUT2D eigenvalue weighted by molar-refractivity contribution is 6.17. The summed E-state index contributed by atoms with van der Waals surface area (Å²) in [7, 11) is 3.54. The van der Waals surface area contributed by atoms with Crippen molar-refractivity contribution in [3.05, 3.63) is 46.4 Å². The number of aromatic nitrogens is 2. The molecule has 1 atom stereocenters. The third kappa shape index (κ3) is 2.53. The third-order valence-corrected chi connectivity index (χ3v) is 4.98. The maximum Gasteiger partial charge on any atom is 0.274 e. The third-order valence-electron chi connectivity index (χ3n) is 4.98. The molecule has 6 nitrogen and oxygen atoms in total. The standard InChI is InChI=1S/C19H21N3O3/c1-21-11-14(18(23)20-10-12-6-5-9-25-12)16-13-7-3-4-8-15(13)22(2)17(16)19(21)24/h3-4,7-8,11-12H,5-6,9-10H2,1-2H3,(H,20,23). The number of pyridine rings is 1. The molecule has 0 spiro atoms. The summed E-state index contributed by atoms with van der Waals surface area (Å²) in [5.41, 5.74) is 1.90. The van der Waals surface area contributed by atoms with Gasteiger partial charge in [-0.05, 0) is 18.9 Å². The van der Waals surface area contributed by atoms with E-state index >= 15 is 0 Å². The minimum Gasteiger partial charge on any atom is -0.376 e. The van der Waals surface area contributed by atoms with Gasteiger partial charge < -0.3 is 19.2 Å². The Kier molecular flexibility index (Phi) is 3.84. The normalized spacial score (nSPS) is 17.4. The van der Waals surface area contributed by atoms with Crippen molar-refractivity contribution in [3.63, 3.8) is 0 Å². The molecule has 25 heavy (non-hydrogen) atoms. The van der Waals surface area contributed by atoms with E-state index < -0.39 is 0 Å². The van der Waals surface area contributed by atoms with Crippen LogP contribution in [-0.4, -0.2) is 34.3 Å². The molecule has 1 aliphatic heterocycles. The maximum absolute atomic E-state index is 12.8. The number of fused-ring (bicyclic) bond motifs is 3. The Labute approximate surface area is 145 Å². The molecule has 1 N–H and O–H groups in total. The summed E-state index contributed by atoms with van der Waals surface area (Å²) in [5, 5.41) is 4.60. The number of nitrogens with zero attached hydrogens (tertiary/aromatic N) is 2. The van der Waals surface area contributed by atoms with E-state index in [-0.39, 0.29) is 17.6 Å². The number of carbonyl (C=O) groups is 1. The fourth-order valence-electron chi connectivity index (χ4n) is 3.68. The number of benzene rings is 1. The van der Waals surface area contributed by atoms with Gasteiger partial charge in [-0.15, -0.1) is 0 Å². The Morgan fingerprint density at radius 2 is 2.12 bits per heavy atom. The van der Waals surface area contributed by atoms with E-state index in [0.717, 1.165) is 30.4 Å². The van der Waals surface area contributed by atoms with Gasteiger partial charge in [-0.25, -0.2) is 0 Å². The summed E-state index contributed by atoms with van der Waals surface area (Å²) in [6.07, 6.45) is 3.71. The van der Waals surface area contributed by atoms with Crippen molar-refractivity contribution in [2.24, 2.45) is 14.1 Å². The lowest BCUT2D eigenvalue weighted by Gasteiger charge is -2.12. The van der Waals surface area contributed by atoms with E-state index in [1.807, 2.05) is 35.9 Å². The van der Waals surface area contributed by atoms with Crippen LogP contribution in [0.25, 0.3) is 21.8 Å². The van der Waals surface area contributed by atoms with Crippen LogP contribution < -0.4 is 10.9 Å². The summed E-state index contributed by atoms with van der Waals surface area (Å²) in [5.74, 6) is -0.174. The number of amides is 1. The van der Waals surface area contributed by atoms with Gasteiger partial charge in [0.05, 0.1) is 11.7 Å². The van der Waals surface area contributed by atoms with Gasteiger partial charge in [0.2, 0.25) is 0 Å². The van der Waals surface area contributed by atoms with Crippen molar-refractivity contribution in [3.8, 4) is 0 Å². The second kappa shape index (κ2) is 6.04. The lowest BCUT2D eigenvalue weighted by molar-refractivity contribution is 0.0858. The second-order valence-electron chi connectivity index (χ2n) is 6.60. The van der Waals surface area contributed by atoms with Crippen molar-refractivity contribution >= 4 is 27.7 Å². The molecule has 1 fully saturated rings. The van der Waals surface area contributed by atoms with Crippen molar-refractivity contribution in [2.75, 3.05) is 13.2 Å². The Balaban J connectivity index is 1.85. The highest BCUT2D eigenvalue weighted by Crippen LogP contribution is 2.28. The Morgan fingerprint density at radius 3 is 2.88 bits per heavy atom. The van der Waals surface area contributed by atoms with Crippen LogP contribution in [0, 0.1) is 0 Å². The average molecular weight is 339 g/mol. The van der Waals surface area contributed by atoms with E-state index in [1.165, 1.54) is 4.57 Å². The Bertz CT molecular complexity index is 1030. The number of rotatable bonds is 3. The molecule has 4 rings (SSSR count). The van der Waals surface area contributed by atoms with Gasteiger partial charge in [0.25, 0.3) is 11.5 Å². The van der Waals surface area contributed by atoms with Gasteiger partial charge in [0.1, 0.15) is 5.52 Å². The molecule has 1 aromatic carbocycles. The number of aryl methyl sites for hydroxylation is 2. The van der Waals surface area contributed by atoms with Crippen LogP contribution in [0.15, 0.2) is 35.3 Å². The number of para-hydroxylation sites is 1. The Morgan fingerprint density at radius 1 is 1.32 bits per heavy atom. The fraction of sp³-hybridized carbons (Fsp3) is 0.368.